The summed E-state index contributed by atoms with van der Waals surface area (Å²) in [7, 11) is 0. The molecular weight excluding hydrogens is 180 g/mol. The summed E-state index contributed by atoms with van der Waals surface area (Å²) in [6, 6.07) is 6.40. The van der Waals surface area contributed by atoms with Crippen LogP contribution in [0.5, 0.6) is 0 Å². The van der Waals surface area contributed by atoms with E-state index in [0.29, 0.717) is 0 Å². The number of rotatable bonds is 4. The van der Waals surface area contributed by atoms with Gasteiger partial charge in [0.15, 0.2) is 0 Å². The van der Waals surface area contributed by atoms with Gasteiger partial charge in [0.25, 0.3) is 0 Å². The highest BCUT2D eigenvalue weighted by Gasteiger charge is 2.08. The molecule has 0 aliphatic carbocycles. The molecule has 0 fully saturated rings. The van der Waals surface area contributed by atoms with Gasteiger partial charge in [-0.3, -0.25) is 0 Å². The highest BCUT2D eigenvalue weighted by molar-refractivity contribution is 5.73. The van der Waals surface area contributed by atoms with Crippen molar-refractivity contribution in [3.63, 3.8) is 0 Å². The minimum atomic E-state index is 1.10. The Balaban J connectivity index is 3.34. The molecule has 0 aliphatic heterocycles. The normalized spacial score (nSPS) is 10.1. The zero-order valence-corrected chi connectivity index (χ0v) is 10.1. The Bertz CT molecular complexity index is 351. The lowest BCUT2D eigenvalue weighted by Gasteiger charge is -2.14. The lowest BCUT2D eigenvalue weighted by atomic mass is 9.91. The summed E-state index contributed by atoms with van der Waals surface area (Å²) in [6.45, 7) is 14.4. The molecule has 0 aliphatic rings. The first-order chi connectivity index (χ1) is 7.07. The maximum atomic E-state index is 4.04. The van der Waals surface area contributed by atoms with E-state index in [0.717, 1.165) is 24.0 Å². The summed E-state index contributed by atoms with van der Waals surface area (Å²) >= 11 is 0. The van der Waals surface area contributed by atoms with E-state index in [4.69, 9.17) is 0 Å². The van der Waals surface area contributed by atoms with Crippen LogP contribution in [0.4, 0.5) is 0 Å². The van der Waals surface area contributed by atoms with Gasteiger partial charge in [-0.2, -0.15) is 0 Å². The molecule has 0 amide bonds. The Kier molecular flexibility index (Phi) is 3.90. The summed E-state index contributed by atoms with van der Waals surface area (Å²) < 4.78 is 0. The van der Waals surface area contributed by atoms with E-state index in [9.17, 15) is 0 Å². The predicted octanol–water partition coefficient (Wildman–Crippen LogP) is 4.71. The monoisotopic (exact) mass is 200 g/mol. The van der Waals surface area contributed by atoms with Crippen LogP contribution in [0.25, 0.3) is 11.1 Å². The van der Waals surface area contributed by atoms with Gasteiger partial charge in [-0.05, 0) is 37.0 Å². The summed E-state index contributed by atoms with van der Waals surface area (Å²) in [5, 5.41) is 0. The van der Waals surface area contributed by atoms with Crippen molar-refractivity contribution in [2.45, 2.75) is 33.6 Å². The molecule has 15 heavy (non-hydrogen) atoms. The van der Waals surface area contributed by atoms with Crippen molar-refractivity contribution < 1.29 is 0 Å². The summed E-state index contributed by atoms with van der Waals surface area (Å²) in [4.78, 5) is 0. The van der Waals surface area contributed by atoms with E-state index < -0.39 is 0 Å². The SMILES string of the molecule is C=C(C)c1cccc(C(=C)C)c1CCC. The van der Waals surface area contributed by atoms with Crippen LogP contribution in [0.1, 0.15) is 43.9 Å². The third-order valence-corrected chi connectivity index (χ3v) is 2.60. The molecule has 0 bridgehead atoms. The first kappa shape index (κ1) is 11.8. The lowest BCUT2D eigenvalue weighted by Crippen LogP contribution is -1.96. The van der Waals surface area contributed by atoms with E-state index in [-0.39, 0.29) is 0 Å². The molecule has 0 unspecified atom stereocenters. The molecule has 0 atom stereocenters. The highest BCUT2D eigenvalue weighted by Crippen LogP contribution is 2.26. The Morgan fingerprint density at radius 3 is 1.87 bits per heavy atom. The fraction of sp³-hybridized carbons (Fsp3) is 0.333. The molecule has 0 saturated heterocycles. The Morgan fingerprint density at radius 2 is 1.53 bits per heavy atom. The van der Waals surface area contributed by atoms with Gasteiger partial charge in [0.2, 0.25) is 0 Å². The van der Waals surface area contributed by atoms with Crippen LogP contribution < -0.4 is 0 Å². The van der Waals surface area contributed by atoms with Crippen molar-refractivity contribution in [2.24, 2.45) is 0 Å². The molecule has 0 N–H and O–H groups in total. The Hall–Kier alpha value is -1.30. The fourth-order valence-corrected chi connectivity index (χ4v) is 1.91. The topological polar surface area (TPSA) is 0 Å². The van der Waals surface area contributed by atoms with Crippen molar-refractivity contribution in [3.05, 3.63) is 48.0 Å². The Labute approximate surface area is 93.3 Å². The van der Waals surface area contributed by atoms with Gasteiger partial charge >= 0.3 is 0 Å². The lowest BCUT2D eigenvalue weighted by molar-refractivity contribution is 0.914. The first-order valence-corrected chi connectivity index (χ1v) is 5.51. The second-order valence-electron chi connectivity index (χ2n) is 4.14. The molecule has 0 saturated carbocycles. The molecule has 0 spiro atoms. The van der Waals surface area contributed by atoms with E-state index in [2.05, 4.69) is 52.1 Å². The van der Waals surface area contributed by atoms with Crippen LogP contribution in [-0.4, -0.2) is 0 Å². The van der Waals surface area contributed by atoms with Gasteiger partial charge in [-0.25, -0.2) is 0 Å². The van der Waals surface area contributed by atoms with Crippen LogP contribution in [0, 0.1) is 0 Å². The van der Waals surface area contributed by atoms with E-state index in [1.807, 2.05) is 0 Å². The maximum absolute atomic E-state index is 4.04. The number of hydrogen-bond donors (Lipinski definition) is 0. The van der Waals surface area contributed by atoms with E-state index >= 15 is 0 Å². The molecule has 80 valence electrons. The maximum Gasteiger partial charge on any atom is -0.0195 e. The van der Waals surface area contributed by atoms with Crippen LogP contribution in [0.3, 0.4) is 0 Å². The third kappa shape index (κ3) is 2.59. The zero-order valence-electron chi connectivity index (χ0n) is 10.1. The smallest absolute Gasteiger partial charge is 0.0195 e. The van der Waals surface area contributed by atoms with Gasteiger partial charge in [-0.15, -0.1) is 0 Å². The third-order valence-electron chi connectivity index (χ3n) is 2.60. The van der Waals surface area contributed by atoms with Crippen LogP contribution in [0.2, 0.25) is 0 Å². The minimum absolute atomic E-state index is 1.10. The second kappa shape index (κ2) is 4.97. The average molecular weight is 200 g/mol. The summed E-state index contributed by atoms with van der Waals surface area (Å²) in [5.41, 5.74) is 6.26. The molecule has 1 rings (SSSR count). The van der Waals surface area contributed by atoms with Crippen LogP contribution in [0.15, 0.2) is 31.4 Å². The van der Waals surface area contributed by atoms with Crippen molar-refractivity contribution in [3.8, 4) is 0 Å². The standard InChI is InChI=1S/C15H20/c1-6-8-15-13(11(2)3)9-7-10-14(15)12(4)5/h7,9-10H,2,4,6,8H2,1,3,5H3. The van der Waals surface area contributed by atoms with Crippen molar-refractivity contribution in [2.75, 3.05) is 0 Å². The van der Waals surface area contributed by atoms with E-state index in [1.54, 1.807) is 0 Å². The molecule has 0 nitrogen and oxygen atoms in total. The molecule has 0 radical (unpaired) electrons. The fourth-order valence-electron chi connectivity index (χ4n) is 1.91. The molecule has 1 aromatic carbocycles. The van der Waals surface area contributed by atoms with Gasteiger partial charge in [0.1, 0.15) is 0 Å². The van der Waals surface area contributed by atoms with Crippen molar-refractivity contribution in [1.29, 1.82) is 0 Å². The van der Waals surface area contributed by atoms with E-state index in [1.165, 1.54) is 16.7 Å². The van der Waals surface area contributed by atoms with Crippen LogP contribution >= 0.6 is 0 Å². The predicted molar refractivity (Wildman–Crippen MR) is 69.9 cm³/mol. The number of benzene rings is 1. The quantitative estimate of drug-likeness (QED) is 0.660. The van der Waals surface area contributed by atoms with Crippen LogP contribution in [-0.2, 0) is 6.42 Å². The number of hydrogen-bond acceptors (Lipinski definition) is 0. The molecule has 0 heteroatoms. The molecular formula is C15H20. The molecule has 0 heterocycles. The summed E-state index contributed by atoms with van der Waals surface area (Å²) in [6.07, 6.45) is 2.26. The van der Waals surface area contributed by atoms with Gasteiger partial charge in [0.05, 0.1) is 0 Å². The van der Waals surface area contributed by atoms with Gasteiger partial charge in [-0.1, -0.05) is 55.8 Å². The van der Waals surface area contributed by atoms with Crippen molar-refractivity contribution >= 4 is 11.1 Å². The number of allylic oxidation sites excluding steroid dienone is 2. The highest BCUT2D eigenvalue weighted by atomic mass is 14.1. The second-order valence-corrected chi connectivity index (χ2v) is 4.14. The molecule has 1 aromatic rings. The van der Waals surface area contributed by atoms with Crippen molar-refractivity contribution in [1.82, 2.24) is 0 Å². The average Bonchev–Trinajstić information content (AvgIpc) is 2.17. The zero-order chi connectivity index (χ0) is 11.4. The molecule has 0 aromatic heterocycles. The van der Waals surface area contributed by atoms with Gasteiger partial charge < -0.3 is 0 Å². The first-order valence-electron chi connectivity index (χ1n) is 5.51. The Morgan fingerprint density at radius 1 is 1.07 bits per heavy atom. The minimum Gasteiger partial charge on any atom is -0.0955 e. The summed E-state index contributed by atoms with van der Waals surface area (Å²) in [5.74, 6) is 0. The largest absolute Gasteiger partial charge is 0.0955 e. The van der Waals surface area contributed by atoms with Gasteiger partial charge in [0, 0.05) is 0 Å².